The lowest BCUT2D eigenvalue weighted by Gasteiger charge is -2.32. The molecule has 2 amide bonds. The number of amides is 2. The van der Waals surface area contributed by atoms with Gasteiger partial charge in [0, 0.05) is 13.0 Å². The Hall–Kier alpha value is -3.97. The van der Waals surface area contributed by atoms with Crippen LogP contribution in [-0.2, 0) is 25.5 Å². The molecule has 218 valence electrons. The Bertz CT molecular complexity index is 1290. The number of rotatable bonds is 15. The second-order valence-electron chi connectivity index (χ2n) is 10.7. The van der Waals surface area contributed by atoms with Crippen molar-refractivity contribution in [2.24, 2.45) is 5.92 Å². The van der Waals surface area contributed by atoms with Gasteiger partial charge in [0.2, 0.25) is 11.8 Å². The van der Waals surface area contributed by atoms with E-state index in [1.807, 2.05) is 61.5 Å². The van der Waals surface area contributed by atoms with Crippen molar-refractivity contribution in [3.05, 3.63) is 95.6 Å². The number of benzene rings is 3. The molecule has 0 saturated carbocycles. The van der Waals surface area contributed by atoms with Crippen molar-refractivity contribution in [3.63, 3.8) is 0 Å². The van der Waals surface area contributed by atoms with E-state index in [4.69, 9.17) is 4.74 Å². The van der Waals surface area contributed by atoms with Crippen molar-refractivity contribution in [2.75, 3.05) is 13.7 Å². The van der Waals surface area contributed by atoms with Crippen LogP contribution in [0.15, 0.2) is 78.9 Å². The predicted molar refractivity (Wildman–Crippen MR) is 161 cm³/mol. The first-order valence-corrected chi connectivity index (χ1v) is 14.2. The second-order valence-corrected chi connectivity index (χ2v) is 10.7. The van der Waals surface area contributed by atoms with Gasteiger partial charge in [0.1, 0.15) is 5.54 Å². The molecular weight excluding hydrogens is 516 g/mol. The third kappa shape index (κ3) is 8.76. The van der Waals surface area contributed by atoms with Crippen LogP contribution in [0, 0.1) is 12.8 Å². The molecule has 0 spiro atoms. The van der Waals surface area contributed by atoms with E-state index >= 15 is 0 Å². The minimum absolute atomic E-state index is 0.273. The molecule has 0 saturated heterocycles. The van der Waals surface area contributed by atoms with Crippen molar-refractivity contribution in [2.45, 2.75) is 64.5 Å². The van der Waals surface area contributed by atoms with Crippen LogP contribution in [0.5, 0.6) is 0 Å². The first kappa shape index (κ1) is 31.6. The Balaban J connectivity index is 1.71. The van der Waals surface area contributed by atoms with E-state index in [0.29, 0.717) is 25.7 Å². The van der Waals surface area contributed by atoms with E-state index in [2.05, 4.69) is 41.8 Å². The molecule has 3 atom stereocenters. The first-order valence-electron chi connectivity index (χ1n) is 14.2. The fourth-order valence-corrected chi connectivity index (χ4v) is 5.10. The van der Waals surface area contributed by atoms with Gasteiger partial charge in [0.05, 0.1) is 19.1 Å². The monoisotopic (exact) mass is 558 g/mol. The summed E-state index contributed by atoms with van der Waals surface area (Å²) in [5.74, 6) is -2.58. The van der Waals surface area contributed by atoms with Crippen LogP contribution in [0.1, 0.15) is 62.3 Å². The molecule has 3 unspecified atom stereocenters. The number of hydrogen-bond acceptors (Lipinski definition) is 4. The third-order valence-corrected chi connectivity index (χ3v) is 7.66. The van der Waals surface area contributed by atoms with Crippen LogP contribution < -0.4 is 10.6 Å². The molecule has 3 rings (SSSR count). The molecule has 3 N–H and O–H groups in total. The highest BCUT2D eigenvalue weighted by Gasteiger charge is 2.36. The lowest BCUT2D eigenvalue weighted by atomic mass is 9.89. The maximum Gasteiger partial charge on any atom is 0.304 e. The van der Waals surface area contributed by atoms with Gasteiger partial charge in [-0.3, -0.25) is 14.4 Å². The van der Waals surface area contributed by atoms with Crippen molar-refractivity contribution in [1.29, 1.82) is 0 Å². The van der Waals surface area contributed by atoms with Crippen LogP contribution in [0.25, 0.3) is 11.1 Å². The minimum atomic E-state index is -1.22. The molecular formula is C34H42N2O5. The lowest BCUT2D eigenvalue weighted by Crippen LogP contribution is -2.58. The fraction of sp³-hybridized carbons (Fsp3) is 0.382. The van der Waals surface area contributed by atoms with Crippen LogP contribution in [0.4, 0.5) is 0 Å². The summed E-state index contributed by atoms with van der Waals surface area (Å²) in [6, 6.07) is 25.5. The SMILES string of the molecule is CCC(C)(NC(=O)C(CCCc1cccc(C)c1-c1ccccc1)CC(=O)O)C(=O)NC(COC)c1ccccc1. The van der Waals surface area contributed by atoms with E-state index < -0.39 is 23.3 Å². The number of ether oxygens (including phenoxy) is 1. The highest BCUT2D eigenvalue weighted by atomic mass is 16.5. The number of carbonyl (C=O) groups excluding carboxylic acids is 2. The van der Waals surface area contributed by atoms with Gasteiger partial charge in [-0.2, -0.15) is 0 Å². The van der Waals surface area contributed by atoms with E-state index in [1.165, 1.54) is 11.1 Å². The van der Waals surface area contributed by atoms with Gasteiger partial charge in [0.25, 0.3) is 0 Å². The Labute approximate surface area is 243 Å². The van der Waals surface area contributed by atoms with Crippen LogP contribution in [-0.4, -0.2) is 42.1 Å². The standard InChI is InChI=1S/C34H42N2O5/c1-5-34(3,33(40)35-29(23-41-4)25-15-8-6-9-16-25)36-32(39)28(22-30(37)38)21-13-20-27-19-12-14-24(2)31(27)26-17-10-7-11-18-26/h6-12,14-19,28-29H,5,13,20-23H2,1-4H3,(H,35,40)(H,36,39)(H,37,38). The van der Waals surface area contributed by atoms with Gasteiger partial charge in [-0.05, 0) is 67.3 Å². The minimum Gasteiger partial charge on any atom is -0.481 e. The van der Waals surface area contributed by atoms with Crippen LogP contribution in [0.3, 0.4) is 0 Å². The molecule has 41 heavy (non-hydrogen) atoms. The van der Waals surface area contributed by atoms with E-state index in [0.717, 1.165) is 16.7 Å². The van der Waals surface area contributed by atoms with Crippen molar-refractivity contribution in [1.82, 2.24) is 10.6 Å². The smallest absolute Gasteiger partial charge is 0.304 e. The number of hydrogen-bond donors (Lipinski definition) is 3. The molecule has 0 aliphatic carbocycles. The van der Waals surface area contributed by atoms with Crippen LogP contribution in [0.2, 0.25) is 0 Å². The van der Waals surface area contributed by atoms with Gasteiger partial charge < -0.3 is 20.5 Å². The summed E-state index contributed by atoms with van der Waals surface area (Å²) in [7, 11) is 1.57. The molecule has 7 nitrogen and oxygen atoms in total. The van der Waals surface area contributed by atoms with Gasteiger partial charge >= 0.3 is 5.97 Å². The zero-order valence-electron chi connectivity index (χ0n) is 24.5. The molecule has 3 aromatic carbocycles. The summed E-state index contributed by atoms with van der Waals surface area (Å²) >= 11 is 0. The summed E-state index contributed by atoms with van der Waals surface area (Å²) in [5.41, 5.74) is 4.31. The molecule has 0 aliphatic rings. The number of carboxylic acids is 1. The molecule has 0 heterocycles. The zero-order chi connectivity index (χ0) is 29.8. The largest absolute Gasteiger partial charge is 0.481 e. The lowest BCUT2D eigenvalue weighted by molar-refractivity contribution is -0.142. The third-order valence-electron chi connectivity index (χ3n) is 7.66. The summed E-state index contributed by atoms with van der Waals surface area (Å²) < 4.78 is 5.33. The topological polar surface area (TPSA) is 105 Å². The highest BCUT2D eigenvalue weighted by molar-refractivity contribution is 5.93. The molecule has 0 aliphatic heterocycles. The Morgan fingerprint density at radius 3 is 2.22 bits per heavy atom. The van der Waals surface area contributed by atoms with Gasteiger partial charge in [-0.15, -0.1) is 0 Å². The van der Waals surface area contributed by atoms with Gasteiger partial charge in [0.15, 0.2) is 0 Å². The van der Waals surface area contributed by atoms with Gasteiger partial charge in [-0.25, -0.2) is 0 Å². The number of carboxylic acid groups (broad SMARTS) is 1. The summed E-state index contributed by atoms with van der Waals surface area (Å²) in [4.78, 5) is 38.6. The predicted octanol–water partition coefficient (Wildman–Crippen LogP) is 5.86. The second kappa shape index (κ2) is 15.1. The molecule has 0 aromatic heterocycles. The average Bonchev–Trinajstić information content (AvgIpc) is 2.97. The maximum absolute atomic E-state index is 13.4. The van der Waals surface area contributed by atoms with E-state index in [9.17, 15) is 19.5 Å². The van der Waals surface area contributed by atoms with Crippen molar-refractivity contribution >= 4 is 17.8 Å². The Kier molecular flexibility index (Phi) is 11.7. The molecule has 0 bridgehead atoms. The quantitative estimate of drug-likeness (QED) is 0.217. The number of aryl methyl sites for hydroxylation is 2. The number of nitrogens with one attached hydrogen (secondary N) is 2. The zero-order valence-corrected chi connectivity index (χ0v) is 24.5. The van der Waals surface area contributed by atoms with Crippen molar-refractivity contribution < 1.29 is 24.2 Å². The average molecular weight is 559 g/mol. The maximum atomic E-state index is 13.4. The Morgan fingerprint density at radius 2 is 1.61 bits per heavy atom. The fourth-order valence-electron chi connectivity index (χ4n) is 5.10. The molecule has 7 heteroatoms. The summed E-state index contributed by atoms with van der Waals surface area (Å²) in [6.07, 6.45) is 1.76. The summed E-state index contributed by atoms with van der Waals surface area (Å²) in [5, 5.41) is 15.5. The Morgan fingerprint density at radius 1 is 0.951 bits per heavy atom. The summed E-state index contributed by atoms with van der Waals surface area (Å²) in [6.45, 7) is 5.85. The van der Waals surface area contributed by atoms with E-state index in [1.54, 1.807) is 14.0 Å². The van der Waals surface area contributed by atoms with E-state index in [-0.39, 0.29) is 25.0 Å². The van der Waals surface area contributed by atoms with Gasteiger partial charge in [-0.1, -0.05) is 85.8 Å². The number of carbonyl (C=O) groups is 3. The highest BCUT2D eigenvalue weighted by Crippen LogP contribution is 2.29. The molecule has 0 fully saturated rings. The molecule has 3 aromatic rings. The molecule has 0 radical (unpaired) electrons. The first-order chi connectivity index (χ1) is 19.7. The normalized spacial score (nSPS) is 14.0. The van der Waals surface area contributed by atoms with Crippen LogP contribution >= 0.6 is 0 Å². The number of methoxy groups -OCH3 is 1. The number of aliphatic carboxylic acids is 1. The van der Waals surface area contributed by atoms with Crippen molar-refractivity contribution in [3.8, 4) is 11.1 Å².